The summed E-state index contributed by atoms with van der Waals surface area (Å²) in [7, 11) is 0. The molecule has 1 aliphatic heterocycles. The first-order chi connectivity index (χ1) is 9.24. The van der Waals surface area contributed by atoms with E-state index in [0.29, 0.717) is 12.1 Å². The SMILES string of the molecule is CCCCCC1CC(NCC)c2cc(C)ccc2O1. The Hall–Kier alpha value is -1.02. The van der Waals surface area contributed by atoms with Crippen molar-refractivity contribution >= 4 is 0 Å². The first-order valence-electron chi connectivity index (χ1n) is 7.75. The number of unbranched alkanes of at least 4 members (excludes halogenated alkanes) is 2. The van der Waals surface area contributed by atoms with Crippen LogP contribution in [0, 0.1) is 6.92 Å². The summed E-state index contributed by atoms with van der Waals surface area (Å²) >= 11 is 0. The van der Waals surface area contributed by atoms with E-state index in [9.17, 15) is 0 Å². The lowest BCUT2D eigenvalue weighted by Gasteiger charge is -2.33. The van der Waals surface area contributed by atoms with Crippen molar-refractivity contribution in [2.45, 2.75) is 65.0 Å². The molecule has 1 aromatic rings. The van der Waals surface area contributed by atoms with Gasteiger partial charge >= 0.3 is 0 Å². The van der Waals surface area contributed by atoms with Crippen LogP contribution in [0.5, 0.6) is 5.75 Å². The third-order valence-corrected chi connectivity index (χ3v) is 3.91. The molecule has 1 aliphatic rings. The van der Waals surface area contributed by atoms with Crippen LogP contribution in [0.2, 0.25) is 0 Å². The lowest BCUT2D eigenvalue weighted by atomic mass is 9.93. The number of benzene rings is 1. The van der Waals surface area contributed by atoms with E-state index in [0.717, 1.165) is 18.7 Å². The fourth-order valence-electron chi connectivity index (χ4n) is 2.90. The Bertz CT molecular complexity index is 402. The Balaban J connectivity index is 2.09. The van der Waals surface area contributed by atoms with Gasteiger partial charge in [-0.3, -0.25) is 0 Å². The zero-order valence-corrected chi connectivity index (χ0v) is 12.5. The Morgan fingerprint density at radius 1 is 1.26 bits per heavy atom. The van der Waals surface area contributed by atoms with Crippen LogP contribution in [0.25, 0.3) is 0 Å². The molecule has 0 fully saturated rings. The molecule has 0 saturated heterocycles. The normalized spacial score (nSPS) is 21.8. The summed E-state index contributed by atoms with van der Waals surface area (Å²) in [5, 5.41) is 3.61. The molecule has 1 heterocycles. The van der Waals surface area contributed by atoms with E-state index in [-0.39, 0.29) is 0 Å². The second-order valence-corrected chi connectivity index (χ2v) is 5.62. The molecule has 2 heteroatoms. The Kier molecular flexibility index (Phi) is 5.26. The minimum Gasteiger partial charge on any atom is -0.490 e. The van der Waals surface area contributed by atoms with Crippen molar-refractivity contribution < 1.29 is 4.74 Å². The lowest BCUT2D eigenvalue weighted by Crippen LogP contribution is -2.33. The molecule has 0 aliphatic carbocycles. The zero-order chi connectivity index (χ0) is 13.7. The Labute approximate surface area is 117 Å². The molecule has 0 saturated carbocycles. The van der Waals surface area contributed by atoms with Crippen LogP contribution in [0.15, 0.2) is 18.2 Å². The minimum atomic E-state index is 0.380. The molecule has 1 N–H and O–H groups in total. The summed E-state index contributed by atoms with van der Waals surface area (Å²) in [5.41, 5.74) is 2.66. The van der Waals surface area contributed by atoms with Crippen molar-refractivity contribution in [2.75, 3.05) is 6.54 Å². The van der Waals surface area contributed by atoms with Crippen LogP contribution >= 0.6 is 0 Å². The van der Waals surface area contributed by atoms with Gasteiger partial charge in [-0.1, -0.05) is 44.4 Å². The average Bonchev–Trinajstić information content (AvgIpc) is 2.40. The number of ether oxygens (including phenoxy) is 1. The van der Waals surface area contributed by atoms with E-state index in [1.54, 1.807) is 0 Å². The van der Waals surface area contributed by atoms with Crippen molar-refractivity contribution in [1.29, 1.82) is 0 Å². The zero-order valence-electron chi connectivity index (χ0n) is 12.5. The molecule has 0 bridgehead atoms. The molecule has 0 radical (unpaired) electrons. The fourth-order valence-corrected chi connectivity index (χ4v) is 2.90. The highest BCUT2D eigenvalue weighted by molar-refractivity contribution is 5.40. The third-order valence-electron chi connectivity index (χ3n) is 3.91. The van der Waals surface area contributed by atoms with Crippen LogP contribution in [0.1, 0.15) is 63.1 Å². The van der Waals surface area contributed by atoms with Gasteiger partial charge in [0, 0.05) is 18.0 Å². The summed E-state index contributed by atoms with van der Waals surface area (Å²) < 4.78 is 6.17. The summed E-state index contributed by atoms with van der Waals surface area (Å²) in [4.78, 5) is 0. The Morgan fingerprint density at radius 2 is 2.11 bits per heavy atom. The van der Waals surface area contributed by atoms with Crippen molar-refractivity contribution in [1.82, 2.24) is 5.32 Å². The van der Waals surface area contributed by atoms with E-state index in [1.807, 2.05) is 0 Å². The molecular weight excluding hydrogens is 234 g/mol. The van der Waals surface area contributed by atoms with E-state index in [1.165, 1.54) is 36.8 Å². The van der Waals surface area contributed by atoms with Crippen molar-refractivity contribution in [3.05, 3.63) is 29.3 Å². The number of rotatable bonds is 6. The molecule has 1 aromatic carbocycles. The maximum Gasteiger partial charge on any atom is 0.124 e. The number of aryl methyl sites for hydroxylation is 1. The van der Waals surface area contributed by atoms with Gasteiger partial charge in [-0.2, -0.15) is 0 Å². The number of hydrogen-bond donors (Lipinski definition) is 1. The maximum atomic E-state index is 6.17. The van der Waals surface area contributed by atoms with Gasteiger partial charge in [-0.25, -0.2) is 0 Å². The molecule has 0 amide bonds. The largest absolute Gasteiger partial charge is 0.490 e. The Morgan fingerprint density at radius 3 is 2.84 bits per heavy atom. The molecular formula is C17H27NO. The van der Waals surface area contributed by atoms with E-state index in [2.05, 4.69) is 44.3 Å². The standard InChI is InChI=1S/C17H27NO/c1-4-6-7-8-14-12-16(18-5-2)15-11-13(3)9-10-17(15)19-14/h9-11,14,16,18H,4-8,12H2,1-3H3. The molecule has 2 atom stereocenters. The van der Waals surface area contributed by atoms with Crippen LogP contribution < -0.4 is 10.1 Å². The predicted molar refractivity (Wildman–Crippen MR) is 80.8 cm³/mol. The molecule has 0 aromatic heterocycles. The molecule has 2 unspecified atom stereocenters. The van der Waals surface area contributed by atoms with Crippen molar-refractivity contribution in [3.8, 4) is 5.75 Å². The predicted octanol–water partition coefficient (Wildman–Crippen LogP) is 4.38. The van der Waals surface area contributed by atoms with Gasteiger partial charge in [0.15, 0.2) is 0 Å². The molecule has 2 nitrogen and oxygen atoms in total. The first-order valence-corrected chi connectivity index (χ1v) is 7.75. The summed E-state index contributed by atoms with van der Waals surface area (Å²) in [5.74, 6) is 1.09. The fraction of sp³-hybridized carbons (Fsp3) is 0.647. The van der Waals surface area contributed by atoms with Crippen LogP contribution in [-0.4, -0.2) is 12.6 Å². The summed E-state index contributed by atoms with van der Waals surface area (Å²) in [6.07, 6.45) is 6.54. The van der Waals surface area contributed by atoms with Gasteiger partial charge in [0.05, 0.1) is 0 Å². The van der Waals surface area contributed by atoms with Crippen LogP contribution in [0.3, 0.4) is 0 Å². The highest BCUT2D eigenvalue weighted by Crippen LogP contribution is 2.36. The average molecular weight is 261 g/mol. The third kappa shape index (κ3) is 3.73. The van der Waals surface area contributed by atoms with Gasteiger partial charge in [0.25, 0.3) is 0 Å². The number of fused-ring (bicyclic) bond motifs is 1. The van der Waals surface area contributed by atoms with Gasteiger partial charge in [-0.15, -0.1) is 0 Å². The lowest BCUT2D eigenvalue weighted by molar-refractivity contribution is 0.138. The van der Waals surface area contributed by atoms with Crippen LogP contribution in [-0.2, 0) is 0 Å². The minimum absolute atomic E-state index is 0.380. The topological polar surface area (TPSA) is 21.3 Å². The second kappa shape index (κ2) is 6.95. The summed E-state index contributed by atoms with van der Waals surface area (Å²) in [6.45, 7) is 7.59. The first kappa shape index (κ1) is 14.4. The quantitative estimate of drug-likeness (QED) is 0.767. The number of nitrogens with one attached hydrogen (secondary N) is 1. The monoisotopic (exact) mass is 261 g/mol. The summed E-state index contributed by atoms with van der Waals surface area (Å²) in [6, 6.07) is 7.02. The highest BCUT2D eigenvalue weighted by atomic mass is 16.5. The van der Waals surface area contributed by atoms with Gasteiger partial charge in [-0.05, 0) is 32.4 Å². The maximum absolute atomic E-state index is 6.17. The van der Waals surface area contributed by atoms with Gasteiger partial charge < -0.3 is 10.1 Å². The molecule has 0 spiro atoms. The second-order valence-electron chi connectivity index (χ2n) is 5.62. The smallest absolute Gasteiger partial charge is 0.124 e. The molecule has 106 valence electrons. The van der Waals surface area contributed by atoms with Gasteiger partial charge in [0.2, 0.25) is 0 Å². The van der Waals surface area contributed by atoms with E-state index in [4.69, 9.17) is 4.74 Å². The van der Waals surface area contributed by atoms with E-state index >= 15 is 0 Å². The van der Waals surface area contributed by atoms with Gasteiger partial charge in [0.1, 0.15) is 11.9 Å². The van der Waals surface area contributed by atoms with Crippen LogP contribution in [0.4, 0.5) is 0 Å². The molecule has 2 rings (SSSR count). The van der Waals surface area contributed by atoms with Crippen molar-refractivity contribution in [3.63, 3.8) is 0 Å². The molecule has 19 heavy (non-hydrogen) atoms. The van der Waals surface area contributed by atoms with E-state index < -0.39 is 0 Å². The highest BCUT2D eigenvalue weighted by Gasteiger charge is 2.27. The van der Waals surface area contributed by atoms with Crippen molar-refractivity contribution in [2.24, 2.45) is 0 Å². The number of hydrogen-bond acceptors (Lipinski definition) is 2.